The normalized spacial score (nSPS) is 16.1. The lowest BCUT2D eigenvalue weighted by atomic mass is 9.84. The van der Waals surface area contributed by atoms with Gasteiger partial charge in [-0.1, -0.05) is 57.6 Å². The average molecular weight is 397 g/mol. The first kappa shape index (κ1) is 22.4. The molecule has 4 heteroatoms. The molecule has 0 amide bonds. The molecule has 0 heterocycles. The second kappa shape index (κ2) is 11.2. The van der Waals surface area contributed by atoms with Crippen LogP contribution in [0.25, 0.3) is 0 Å². The fourth-order valence-corrected chi connectivity index (χ4v) is 3.31. The second-order valence-corrected chi connectivity index (χ2v) is 7.21. The molecule has 1 aliphatic carbocycles. The van der Waals surface area contributed by atoms with Crippen LogP contribution in [0.15, 0.2) is 84.5 Å². The SMILES string of the molecule is C=C(/C=C/C(=C/CC)Oc1ccc(C2CCCCC2)cc1)/C=C(/F)C(=C)C(=O)O. The molecule has 0 spiro atoms. The van der Waals surface area contributed by atoms with Crippen molar-refractivity contribution in [2.75, 3.05) is 0 Å². The van der Waals surface area contributed by atoms with Crippen LogP contribution in [0.3, 0.4) is 0 Å². The van der Waals surface area contributed by atoms with Crippen LogP contribution in [0.1, 0.15) is 56.9 Å². The highest BCUT2D eigenvalue weighted by Crippen LogP contribution is 2.33. The van der Waals surface area contributed by atoms with Crippen LogP contribution in [0.2, 0.25) is 0 Å². The van der Waals surface area contributed by atoms with E-state index < -0.39 is 17.4 Å². The van der Waals surface area contributed by atoms with Gasteiger partial charge in [0.05, 0.1) is 5.57 Å². The van der Waals surface area contributed by atoms with Crippen molar-refractivity contribution >= 4 is 5.97 Å². The van der Waals surface area contributed by atoms with Crippen molar-refractivity contribution < 1.29 is 19.0 Å². The monoisotopic (exact) mass is 396 g/mol. The van der Waals surface area contributed by atoms with Crippen LogP contribution in [0.4, 0.5) is 4.39 Å². The average Bonchev–Trinajstić information content (AvgIpc) is 2.72. The molecule has 29 heavy (non-hydrogen) atoms. The highest BCUT2D eigenvalue weighted by molar-refractivity contribution is 5.90. The van der Waals surface area contributed by atoms with Gasteiger partial charge in [-0.2, -0.15) is 0 Å². The Morgan fingerprint density at radius 1 is 1.17 bits per heavy atom. The first-order valence-electron chi connectivity index (χ1n) is 10.1. The minimum atomic E-state index is -1.40. The van der Waals surface area contributed by atoms with Gasteiger partial charge < -0.3 is 9.84 Å². The molecule has 2 rings (SSSR count). The molecule has 1 N–H and O–H groups in total. The van der Waals surface area contributed by atoms with Crippen LogP contribution in [0, 0.1) is 0 Å². The van der Waals surface area contributed by atoms with Gasteiger partial charge >= 0.3 is 5.97 Å². The molecule has 0 saturated heterocycles. The first-order valence-corrected chi connectivity index (χ1v) is 10.1. The summed E-state index contributed by atoms with van der Waals surface area (Å²) in [6.07, 6.45) is 13.4. The van der Waals surface area contributed by atoms with E-state index in [1.807, 2.05) is 25.1 Å². The molecular formula is C25H29FO3. The second-order valence-electron chi connectivity index (χ2n) is 7.21. The quantitative estimate of drug-likeness (QED) is 0.277. The van der Waals surface area contributed by atoms with Gasteiger partial charge in [0.15, 0.2) is 0 Å². The van der Waals surface area contributed by atoms with Gasteiger partial charge in [0.2, 0.25) is 0 Å². The first-order chi connectivity index (χ1) is 13.9. The lowest BCUT2D eigenvalue weighted by molar-refractivity contribution is -0.132. The Labute approximate surface area is 172 Å². The maximum atomic E-state index is 13.7. The molecule has 0 atom stereocenters. The highest BCUT2D eigenvalue weighted by Gasteiger charge is 2.15. The number of hydrogen-bond acceptors (Lipinski definition) is 2. The number of allylic oxidation sites excluding steroid dienone is 5. The third-order valence-corrected chi connectivity index (χ3v) is 4.92. The van der Waals surface area contributed by atoms with Crippen LogP contribution in [0.5, 0.6) is 5.75 Å². The molecule has 1 aromatic rings. The third kappa shape index (κ3) is 7.22. The lowest BCUT2D eigenvalue weighted by Crippen LogP contribution is -2.04. The van der Waals surface area contributed by atoms with E-state index in [0.717, 1.165) is 18.2 Å². The Balaban J connectivity index is 2.02. The topological polar surface area (TPSA) is 46.5 Å². The number of rotatable bonds is 9. The Bertz CT molecular complexity index is 822. The zero-order valence-electron chi connectivity index (χ0n) is 17.0. The van der Waals surface area contributed by atoms with Crippen molar-refractivity contribution in [3.63, 3.8) is 0 Å². The Kier molecular flexibility index (Phi) is 8.66. The summed E-state index contributed by atoms with van der Waals surface area (Å²) in [6.45, 7) is 8.90. The maximum Gasteiger partial charge on any atom is 0.338 e. The van der Waals surface area contributed by atoms with E-state index in [9.17, 15) is 9.18 Å². The van der Waals surface area contributed by atoms with Crippen molar-refractivity contribution in [2.24, 2.45) is 0 Å². The zero-order chi connectivity index (χ0) is 21.2. The Morgan fingerprint density at radius 3 is 2.41 bits per heavy atom. The number of halogens is 1. The van der Waals surface area contributed by atoms with E-state index >= 15 is 0 Å². The smallest absolute Gasteiger partial charge is 0.338 e. The van der Waals surface area contributed by atoms with Crippen molar-refractivity contribution in [3.8, 4) is 5.75 Å². The van der Waals surface area contributed by atoms with E-state index in [2.05, 4.69) is 25.3 Å². The molecule has 0 bridgehead atoms. The third-order valence-electron chi connectivity index (χ3n) is 4.92. The molecule has 0 aliphatic heterocycles. The van der Waals surface area contributed by atoms with Gasteiger partial charge in [0.1, 0.15) is 17.3 Å². The largest absolute Gasteiger partial charge is 0.478 e. The fourth-order valence-electron chi connectivity index (χ4n) is 3.31. The number of carboxylic acids is 1. The summed E-state index contributed by atoms with van der Waals surface area (Å²) in [6, 6.07) is 8.22. The predicted molar refractivity (Wildman–Crippen MR) is 116 cm³/mol. The van der Waals surface area contributed by atoms with Gasteiger partial charge in [0, 0.05) is 0 Å². The van der Waals surface area contributed by atoms with Crippen LogP contribution in [-0.4, -0.2) is 11.1 Å². The predicted octanol–water partition coefficient (Wildman–Crippen LogP) is 7.01. The summed E-state index contributed by atoms with van der Waals surface area (Å²) >= 11 is 0. The molecule has 154 valence electrons. The summed E-state index contributed by atoms with van der Waals surface area (Å²) in [7, 11) is 0. The molecule has 0 unspecified atom stereocenters. The van der Waals surface area contributed by atoms with Crippen LogP contribution in [-0.2, 0) is 4.79 Å². The van der Waals surface area contributed by atoms with Crippen LogP contribution < -0.4 is 4.74 Å². The van der Waals surface area contributed by atoms with Crippen molar-refractivity contribution in [1.82, 2.24) is 0 Å². The highest BCUT2D eigenvalue weighted by atomic mass is 19.1. The zero-order valence-corrected chi connectivity index (χ0v) is 17.0. The van der Waals surface area contributed by atoms with Crippen molar-refractivity contribution in [3.05, 3.63) is 90.0 Å². The van der Waals surface area contributed by atoms with E-state index in [1.54, 1.807) is 12.2 Å². The number of benzene rings is 1. The number of carboxylic acid groups (broad SMARTS) is 1. The summed E-state index contributed by atoms with van der Waals surface area (Å²) < 4.78 is 19.7. The molecular weight excluding hydrogens is 367 g/mol. The fraction of sp³-hybridized carbons (Fsp3) is 0.320. The Morgan fingerprint density at radius 2 is 1.83 bits per heavy atom. The minimum absolute atomic E-state index is 0.308. The van der Waals surface area contributed by atoms with Gasteiger partial charge in [0.25, 0.3) is 0 Å². The van der Waals surface area contributed by atoms with Gasteiger partial charge in [-0.25, -0.2) is 9.18 Å². The van der Waals surface area contributed by atoms with E-state index in [0.29, 0.717) is 17.3 Å². The van der Waals surface area contributed by atoms with Gasteiger partial charge in [-0.3, -0.25) is 0 Å². The van der Waals surface area contributed by atoms with Crippen molar-refractivity contribution in [1.29, 1.82) is 0 Å². The molecule has 3 nitrogen and oxygen atoms in total. The van der Waals surface area contributed by atoms with E-state index in [-0.39, 0.29) is 0 Å². The number of ether oxygens (including phenoxy) is 1. The summed E-state index contributed by atoms with van der Waals surface area (Å²) in [5.41, 5.74) is 1.07. The number of hydrogen-bond donors (Lipinski definition) is 1. The molecule has 1 aromatic carbocycles. The van der Waals surface area contributed by atoms with Gasteiger partial charge in [-0.05, 0) is 66.7 Å². The molecule has 1 fully saturated rings. The minimum Gasteiger partial charge on any atom is -0.478 e. The molecule has 0 aromatic heterocycles. The molecule has 1 saturated carbocycles. The number of carbonyl (C=O) groups is 1. The lowest BCUT2D eigenvalue weighted by Gasteiger charge is -2.22. The summed E-state index contributed by atoms with van der Waals surface area (Å²) in [4.78, 5) is 10.7. The van der Waals surface area contributed by atoms with Gasteiger partial charge in [-0.15, -0.1) is 0 Å². The van der Waals surface area contributed by atoms with E-state index in [4.69, 9.17) is 9.84 Å². The van der Waals surface area contributed by atoms with Crippen molar-refractivity contribution in [2.45, 2.75) is 51.4 Å². The molecule has 0 radical (unpaired) electrons. The Hall–Kier alpha value is -2.88. The summed E-state index contributed by atoms with van der Waals surface area (Å²) in [5.74, 6) is -0.325. The van der Waals surface area contributed by atoms with E-state index in [1.165, 1.54) is 37.7 Å². The van der Waals surface area contributed by atoms with Crippen LogP contribution >= 0.6 is 0 Å². The number of aliphatic carboxylic acids is 1. The molecule has 1 aliphatic rings. The summed E-state index contributed by atoms with van der Waals surface area (Å²) in [5, 5.41) is 8.76. The maximum absolute atomic E-state index is 13.7. The standard InChI is InChI=1S/C25H29FO3/c1-4-8-22(14-11-18(2)17-24(26)19(3)25(27)28)29-23-15-12-21(13-16-23)20-9-6-5-7-10-20/h8,11-17,20H,2-7,9-10H2,1H3,(H,27,28)/b14-11+,22-8-,24-17+.